The molecule has 2 aromatic rings. The molecular formula is C11H17ClFN5. The molecular weight excluding hydrogens is 257 g/mol. The maximum absolute atomic E-state index is 13.7. The Kier molecular flexibility index (Phi) is 4.34. The van der Waals surface area contributed by atoms with Crippen LogP contribution in [0.2, 0.25) is 0 Å². The maximum atomic E-state index is 13.7. The monoisotopic (exact) mass is 273 g/mol. The molecule has 0 bridgehead atoms. The van der Waals surface area contributed by atoms with E-state index in [2.05, 4.69) is 15.5 Å². The molecule has 2 heterocycles. The molecule has 0 spiro atoms. The van der Waals surface area contributed by atoms with Crippen molar-refractivity contribution >= 4 is 18.2 Å². The van der Waals surface area contributed by atoms with Crippen LogP contribution in [-0.2, 0) is 20.6 Å². The first-order valence-corrected chi connectivity index (χ1v) is 5.41. The first-order chi connectivity index (χ1) is 7.99. The van der Waals surface area contributed by atoms with Gasteiger partial charge in [-0.3, -0.25) is 4.68 Å². The zero-order valence-corrected chi connectivity index (χ0v) is 11.7. The molecule has 0 saturated heterocycles. The smallest absolute Gasteiger partial charge is 0.216 e. The Labute approximate surface area is 111 Å². The van der Waals surface area contributed by atoms with E-state index in [-0.39, 0.29) is 18.4 Å². The second-order valence-electron chi connectivity index (χ2n) is 4.13. The standard InChI is InChI=1S/C11H16FN5.ClH/c1-7-5-10(16(3)14-7)13-6-9-8(2)15-17(4)11(9)12;/h5,13H,6H2,1-4H3;1H. The fraction of sp³-hybridized carbons (Fsp3) is 0.455. The van der Waals surface area contributed by atoms with Crippen LogP contribution in [0.5, 0.6) is 0 Å². The van der Waals surface area contributed by atoms with Gasteiger partial charge in [-0.15, -0.1) is 12.4 Å². The Morgan fingerprint density at radius 1 is 1.22 bits per heavy atom. The highest BCUT2D eigenvalue weighted by Gasteiger charge is 2.13. The van der Waals surface area contributed by atoms with Gasteiger partial charge < -0.3 is 5.32 Å². The highest BCUT2D eigenvalue weighted by atomic mass is 35.5. The van der Waals surface area contributed by atoms with Crippen LogP contribution in [0.3, 0.4) is 0 Å². The van der Waals surface area contributed by atoms with Crippen LogP contribution in [0.25, 0.3) is 0 Å². The Morgan fingerprint density at radius 3 is 2.33 bits per heavy atom. The van der Waals surface area contributed by atoms with Crippen LogP contribution < -0.4 is 5.32 Å². The van der Waals surface area contributed by atoms with Gasteiger partial charge in [0.25, 0.3) is 0 Å². The van der Waals surface area contributed by atoms with Gasteiger partial charge in [-0.25, -0.2) is 4.68 Å². The quantitative estimate of drug-likeness (QED) is 0.930. The Hall–Kier alpha value is -1.56. The minimum atomic E-state index is -0.297. The summed E-state index contributed by atoms with van der Waals surface area (Å²) in [4.78, 5) is 0. The molecule has 0 saturated carbocycles. The SMILES string of the molecule is Cc1cc(NCc2c(C)nn(C)c2F)n(C)n1.Cl. The average Bonchev–Trinajstić information content (AvgIpc) is 2.67. The summed E-state index contributed by atoms with van der Waals surface area (Å²) in [5.74, 6) is 0.569. The molecule has 0 amide bonds. The van der Waals surface area contributed by atoms with Crippen molar-refractivity contribution < 1.29 is 4.39 Å². The maximum Gasteiger partial charge on any atom is 0.216 e. The average molecular weight is 274 g/mol. The van der Waals surface area contributed by atoms with E-state index in [1.807, 2.05) is 20.0 Å². The summed E-state index contributed by atoms with van der Waals surface area (Å²) >= 11 is 0. The van der Waals surface area contributed by atoms with E-state index in [1.165, 1.54) is 4.68 Å². The molecule has 0 fully saturated rings. The molecule has 0 aliphatic carbocycles. The number of anilines is 1. The first kappa shape index (κ1) is 14.5. The van der Waals surface area contributed by atoms with E-state index in [4.69, 9.17) is 0 Å². The third-order valence-electron chi connectivity index (χ3n) is 2.72. The molecule has 18 heavy (non-hydrogen) atoms. The lowest BCUT2D eigenvalue weighted by Gasteiger charge is -2.05. The number of aryl methyl sites for hydroxylation is 4. The molecule has 5 nitrogen and oxygen atoms in total. The minimum Gasteiger partial charge on any atom is -0.366 e. The second-order valence-corrected chi connectivity index (χ2v) is 4.13. The van der Waals surface area contributed by atoms with Crippen molar-refractivity contribution in [3.63, 3.8) is 0 Å². The van der Waals surface area contributed by atoms with Gasteiger partial charge in [0.1, 0.15) is 5.82 Å². The fourth-order valence-electron chi connectivity index (χ4n) is 1.83. The predicted octanol–water partition coefficient (Wildman–Crippen LogP) is 1.94. The van der Waals surface area contributed by atoms with Crippen LogP contribution in [0, 0.1) is 19.8 Å². The van der Waals surface area contributed by atoms with Crippen molar-refractivity contribution in [2.24, 2.45) is 14.1 Å². The molecule has 0 aliphatic heterocycles. The molecule has 0 aromatic carbocycles. The highest BCUT2D eigenvalue weighted by Crippen LogP contribution is 2.14. The largest absolute Gasteiger partial charge is 0.366 e. The molecule has 100 valence electrons. The summed E-state index contributed by atoms with van der Waals surface area (Å²) in [6.07, 6.45) is 0. The van der Waals surface area contributed by atoms with Gasteiger partial charge in [0.05, 0.1) is 11.4 Å². The normalized spacial score (nSPS) is 10.3. The molecule has 2 aromatic heterocycles. The van der Waals surface area contributed by atoms with Crippen LogP contribution in [0.15, 0.2) is 6.07 Å². The van der Waals surface area contributed by atoms with Crippen molar-refractivity contribution in [2.45, 2.75) is 20.4 Å². The zero-order chi connectivity index (χ0) is 12.6. The first-order valence-electron chi connectivity index (χ1n) is 5.41. The molecule has 0 aliphatic rings. The lowest BCUT2D eigenvalue weighted by Crippen LogP contribution is -2.06. The fourth-order valence-corrected chi connectivity index (χ4v) is 1.83. The van der Waals surface area contributed by atoms with Crippen molar-refractivity contribution in [1.29, 1.82) is 0 Å². The van der Waals surface area contributed by atoms with E-state index in [0.717, 1.165) is 11.5 Å². The molecule has 1 N–H and O–H groups in total. The summed E-state index contributed by atoms with van der Waals surface area (Å²) in [5, 5.41) is 11.4. The summed E-state index contributed by atoms with van der Waals surface area (Å²) in [5.41, 5.74) is 2.22. The van der Waals surface area contributed by atoms with E-state index in [9.17, 15) is 4.39 Å². The molecule has 0 radical (unpaired) electrons. The van der Waals surface area contributed by atoms with Crippen molar-refractivity contribution in [1.82, 2.24) is 19.6 Å². The number of nitrogens with one attached hydrogen (secondary N) is 1. The summed E-state index contributed by atoms with van der Waals surface area (Å²) < 4.78 is 16.7. The molecule has 0 atom stereocenters. The second kappa shape index (κ2) is 5.39. The predicted molar refractivity (Wildman–Crippen MR) is 70.4 cm³/mol. The number of halogens is 2. The van der Waals surface area contributed by atoms with Gasteiger partial charge in [-0.05, 0) is 13.8 Å². The van der Waals surface area contributed by atoms with Crippen LogP contribution in [0.1, 0.15) is 17.0 Å². The van der Waals surface area contributed by atoms with Gasteiger partial charge in [0.15, 0.2) is 0 Å². The van der Waals surface area contributed by atoms with Crippen LogP contribution in [0.4, 0.5) is 10.2 Å². The summed E-state index contributed by atoms with van der Waals surface area (Å²) in [6.45, 7) is 4.13. The van der Waals surface area contributed by atoms with Crippen molar-refractivity contribution in [2.75, 3.05) is 5.32 Å². The van der Waals surface area contributed by atoms with Gasteiger partial charge in [-0.1, -0.05) is 0 Å². The molecule has 0 unspecified atom stereocenters. The van der Waals surface area contributed by atoms with E-state index in [0.29, 0.717) is 17.8 Å². The molecule has 2 rings (SSSR count). The lowest BCUT2D eigenvalue weighted by atomic mass is 10.2. The number of aromatic nitrogens is 4. The third-order valence-corrected chi connectivity index (χ3v) is 2.72. The summed E-state index contributed by atoms with van der Waals surface area (Å²) in [6, 6.07) is 1.92. The van der Waals surface area contributed by atoms with E-state index >= 15 is 0 Å². The van der Waals surface area contributed by atoms with Gasteiger partial charge in [-0.2, -0.15) is 14.6 Å². The number of rotatable bonds is 3. The Morgan fingerprint density at radius 2 is 1.89 bits per heavy atom. The van der Waals surface area contributed by atoms with E-state index in [1.54, 1.807) is 18.7 Å². The topological polar surface area (TPSA) is 47.7 Å². The van der Waals surface area contributed by atoms with E-state index < -0.39 is 0 Å². The van der Waals surface area contributed by atoms with Gasteiger partial charge >= 0.3 is 0 Å². The lowest BCUT2D eigenvalue weighted by molar-refractivity contribution is 0.496. The number of hydrogen-bond donors (Lipinski definition) is 1. The van der Waals surface area contributed by atoms with Crippen molar-refractivity contribution in [3.8, 4) is 0 Å². The van der Waals surface area contributed by atoms with Gasteiger partial charge in [0.2, 0.25) is 5.95 Å². The van der Waals surface area contributed by atoms with Gasteiger partial charge in [0, 0.05) is 32.3 Å². The Balaban J connectivity index is 0.00000162. The molecule has 7 heteroatoms. The van der Waals surface area contributed by atoms with Crippen molar-refractivity contribution in [3.05, 3.63) is 29.0 Å². The zero-order valence-electron chi connectivity index (χ0n) is 10.9. The Bertz CT molecular complexity index is 546. The minimum absolute atomic E-state index is 0. The van der Waals surface area contributed by atoms with Crippen LogP contribution >= 0.6 is 12.4 Å². The van der Waals surface area contributed by atoms with Crippen LogP contribution in [-0.4, -0.2) is 19.6 Å². The highest BCUT2D eigenvalue weighted by molar-refractivity contribution is 5.85. The number of nitrogens with zero attached hydrogens (tertiary/aromatic N) is 4. The third kappa shape index (κ3) is 2.64. The summed E-state index contributed by atoms with van der Waals surface area (Å²) in [7, 11) is 3.45. The number of hydrogen-bond acceptors (Lipinski definition) is 3.